The minimum absolute atomic E-state index is 0.397. The number of guanidine groups is 1. The van der Waals surface area contributed by atoms with Crippen molar-refractivity contribution in [3.63, 3.8) is 0 Å². The maximum Gasteiger partial charge on any atom is 0.248 e. The van der Waals surface area contributed by atoms with Gasteiger partial charge in [-0.3, -0.25) is 9.79 Å². The minimum atomic E-state index is -0.397. The Bertz CT molecular complexity index is 556. The molecule has 0 bridgehead atoms. The average molecular weight is 334 g/mol. The molecule has 6 heteroatoms. The van der Waals surface area contributed by atoms with Crippen LogP contribution in [-0.4, -0.2) is 47.9 Å². The molecule has 1 aromatic rings. The van der Waals surface area contributed by atoms with Crippen LogP contribution >= 0.6 is 11.8 Å². The maximum atomic E-state index is 11.1. The number of nitrogens with two attached hydrogens (primary N) is 1. The summed E-state index contributed by atoms with van der Waals surface area (Å²) in [6, 6.07) is 7.36. The lowest BCUT2D eigenvalue weighted by Gasteiger charge is -2.36. The van der Waals surface area contributed by atoms with E-state index in [1.54, 1.807) is 12.1 Å². The average Bonchev–Trinajstić information content (AvgIpc) is 2.56. The normalized spacial score (nSPS) is 19.0. The Morgan fingerprint density at radius 1 is 1.43 bits per heavy atom. The number of nitrogens with one attached hydrogen (secondary N) is 1. The van der Waals surface area contributed by atoms with E-state index in [-0.39, 0.29) is 0 Å². The smallest absolute Gasteiger partial charge is 0.248 e. The van der Waals surface area contributed by atoms with Crippen molar-refractivity contribution in [2.45, 2.75) is 25.6 Å². The van der Waals surface area contributed by atoms with E-state index >= 15 is 0 Å². The molecule has 1 saturated heterocycles. The van der Waals surface area contributed by atoms with E-state index in [2.05, 4.69) is 40.8 Å². The number of amides is 1. The molecule has 5 nitrogen and oxygen atoms in total. The lowest BCUT2D eigenvalue weighted by Crippen LogP contribution is -2.48. The van der Waals surface area contributed by atoms with Gasteiger partial charge in [0.25, 0.3) is 0 Å². The van der Waals surface area contributed by atoms with Crippen molar-refractivity contribution in [2.24, 2.45) is 16.6 Å². The van der Waals surface area contributed by atoms with Crippen LogP contribution in [0.15, 0.2) is 29.3 Å². The summed E-state index contributed by atoms with van der Waals surface area (Å²) < 4.78 is 0. The first-order chi connectivity index (χ1) is 11.0. The Hall–Kier alpha value is -1.69. The Labute approximate surface area is 142 Å². The first-order valence-electron chi connectivity index (χ1n) is 7.97. The molecule has 1 aliphatic rings. The van der Waals surface area contributed by atoms with E-state index in [1.165, 1.54) is 0 Å². The van der Waals surface area contributed by atoms with Crippen LogP contribution in [0.4, 0.5) is 0 Å². The number of hydrogen-bond acceptors (Lipinski definition) is 3. The van der Waals surface area contributed by atoms with Gasteiger partial charge in [0.05, 0.1) is 0 Å². The third-order valence-electron chi connectivity index (χ3n) is 4.04. The quantitative estimate of drug-likeness (QED) is 0.652. The zero-order chi connectivity index (χ0) is 16.8. The van der Waals surface area contributed by atoms with E-state index in [0.717, 1.165) is 30.4 Å². The highest BCUT2D eigenvalue weighted by Crippen LogP contribution is 2.24. The number of rotatable bonds is 4. The van der Waals surface area contributed by atoms with Gasteiger partial charge in [-0.05, 0) is 23.6 Å². The van der Waals surface area contributed by atoms with E-state index in [1.807, 2.05) is 19.2 Å². The molecule has 1 amide bonds. The number of aliphatic imine (C=N–C) groups is 1. The first kappa shape index (κ1) is 17.7. The summed E-state index contributed by atoms with van der Waals surface area (Å²) >= 11 is 2.05. The van der Waals surface area contributed by atoms with Crippen LogP contribution in [0.25, 0.3) is 0 Å². The lowest BCUT2D eigenvalue weighted by atomic mass is 10.1. The molecule has 1 atom stereocenters. The zero-order valence-electron chi connectivity index (χ0n) is 14.1. The summed E-state index contributed by atoms with van der Waals surface area (Å²) in [6.07, 6.45) is 0. The van der Waals surface area contributed by atoms with Gasteiger partial charge in [-0.15, -0.1) is 0 Å². The van der Waals surface area contributed by atoms with E-state index in [9.17, 15) is 4.79 Å². The maximum absolute atomic E-state index is 11.1. The first-order valence-corrected chi connectivity index (χ1v) is 9.02. The number of benzene rings is 1. The predicted molar refractivity (Wildman–Crippen MR) is 97.8 cm³/mol. The van der Waals surface area contributed by atoms with Crippen molar-refractivity contribution in [1.82, 2.24) is 10.2 Å². The van der Waals surface area contributed by atoms with Crippen LogP contribution < -0.4 is 11.1 Å². The second kappa shape index (κ2) is 8.24. The largest absolute Gasteiger partial charge is 0.366 e. The molecule has 1 fully saturated rings. The summed E-state index contributed by atoms with van der Waals surface area (Å²) in [7, 11) is 1.82. The van der Waals surface area contributed by atoms with Crippen LogP contribution in [0.5, 0.6) is 0 Å². The number of hydrogen-bond donors (Lipinski definition) is 2. The van der Waals surface area contributed by atoms with Gasteiger partial charge in [-0.2, -0.15) is 11.8 Å². The number of thioether (sulfide) groups is 1. The highest BCUT2D eigenvalue weighted by molar-refractivity contribution is 8.00. The third-order valence-corrected chi connectivity index (χ3v) is 5.58. The summed E-state index contributed by atoms with van der Waals surface area (Å²) in [5.41, 5.74) is 6.89. The molecule has 126 valence electrons. The Morgan fingerprint density at radius 3 is 2.70 bits per heavy atom. The van der Waals surface area contributed by atoms with E-state index in [4.69, 9.17) is 5.73 Å². The predicted octanol–water partition coefficient (Wildman–Crippen LogP) is 1.93. The molecular formula is C17H26N4OS. The molecule has 0 saturated carbocycles. The Morgan fingerprint density at radius 2 is 2.13 bits per heavy atom. The molecule has 0 spiro atoms. The van der Waals surface area contributed by atoms with Crippen molar-refractivity contribution in [1.29, 1.82) is 0 Å². The molecule has 23 heavy (non-hydrogen) atoms. The SMILES string of the molecule is CN=C(NCc1ccc(C(N)=O)cc1)N1CCSC(C(C)C)C1. The number of carbonyl (C=O) groups is 1. The Kier molecular flexibility index (Phi) is 6.33. The molecule has 1 aliphatic heterocycles. The molecule has 2 rings (SSSR count). The fourth-order valence-electron chi connectivity index (χ4n) is 2.57. The Balaban J connectivity index is 1.93. The highest BCUT2D eigenvalue weighted by atomic mass is 32.2. The number of carbonyl (C=O) groups excluding carboxylic acids is 1. The van der Waals surface area contributed by atoms with Crippen molar-refractivity contribution >= 4 is 23.6 Å². The minimum Gasteiger partial charge on any atom is -0.366 e. The molecule has 1 unspecified atom stereocenters. The van der Waals surface area contributed by atoms with Crippen LogP contribution in [0, 0.1) is 5.92 Å². The fraction of sp³-hybridized carbons (Fsp3) is 0.529. The topological polar surface area (TPSA) is 70.7 Å². The van der Waals surface area contributed by atoms with Crippen molar-refractivity contribution in [3.05, 3.63) is 35.4 Å². The van der Waals surface area contributed by atoms with Crippen molar-refractivity contribution in [3.8, 4) is 0 Å². The molecular weight excluding hydrogens is 308 g/mol. The van der Waals surface area contributed by atoms with E-state index < -0.39 is 5.91 Å². The molecule has 0 aromatic heterocycles. The van der Waals surface area contributed by atoms with Crippen LogP contribution in [0.2, 0.25) is 0 Å². The molecule has 0 radical (unpaired) electrons. The van der Waals surface area contributed by atoms with Gasteiger partial charge in [-0.25, -0.2) is 0 Å². The van der Waals surface area contributed by atoms with Gasteiger partial charge < -0.3 is 16.0 Å². The highest BCUT2D eigenvalue weighted by Gasteiger charge is 2.24. The van der Waals surface area contributed by atoms with E-state index in [0.29, 0.717) is 23.3 Å². The van der Waals surface area contributed by atoms with Crippen molar-refractivity contribution in [2.75, 3.05) is 25.9 Å². The summed E-state index contributed by atoms with van der Waals surface area (Å²) in [5.74, 6) is 2.35. The van der Waals surface area contributed by atoms with Gasteiger partial charge in [0.1, 0.15) is 0 Å². The second-order valence-electron chi connectivity index (χ2n) is 6.06. The lowest BCUT2D eigenvalue weighted by molar-refractivity contribution is 0.100. The summed E-state index contributed by atoms with van der Waals surface area (Å²) in [5, 5.41) is 4.06. The molecule has 1 aromatic carbocycles. The monoisotopic (exact) mass is 334 g/mol. The molecule has 3 N–H and O–H groups in total. The van der Waals surface area contributed by atoms with Gasteiger partial charge in [-0.1, -0.05) is 26.0 Å². The second-order valence-corrected chi connectivity index (χ2v) is 7.41. The van der Waals surface area contributed by atoms with Crippen LogP contribution in [0.3, 0.4) is 0 Å². The van der Waals surface area contributed by atoms with Gasteiger partial charge in [0, 0.05) is 43.2 Å². The van der Waals surface area contributed by atoms with Gasteiger partial charge >= 0.3 is 0 Å². The zero-order valence-corrected chi connectivity index (χ0v) is 14.9. The fourth-order valence-corrected chi connectivity index (χ4v) is 3.87. The summed E-state index contributed by atoms with van der Waals surface area (Å²) in [4.78, 5) is 17.8. The number of primary amides is 1. The van der Waals surface area contributed by atoms with Gasteiger partial charge in [0.2, 0.25) is 5.91 Å². The molecule has 0 aliphatic carbocycles. The van der Waals surface area contributed by atoms with Crippen molar-refractivity contribution < 1.29 is 4.79 Å². The third kappa shape index (κ3) is 4.89. The summed E-state index contributed by atoms with van der Waals surface area (Å²) in [6.45, 7) is 7.29. The van der Waals surface area contributed by atoms with Crippen LogP contribution in [0.1, 0.15) is 29.8 Å². The molecule has 1 heterocycles. The number of nitrogens with zero attached hydrogens (tertiary/aromatic N) is 2. The van der Waals surface area contributed by atoms with Crippen LogP contribution in [-0.2, 0) is 6.54 Å². The standard InChI is InChI=1S/C17H26N4OS/c1-12(2)15-11-21(8-9-23-15)17(19-3)20-10-13-4-6-14(7-5-13)16(18)22/h4-7,12,15H,8-11H2,1-3H3,(H2,18,22)(H,19,20). The van der Waals surface area contributed by atoms with Gasteiger partial charge in [0.15, 0.2) is 5.96 Å².